The van der Waals surface area contributed by atoms with Crippen LogP contribution in [0.4, 0.5) is 0 Å². The Morgan fingerprint density at radius 2 is 0.667 bits per heavy atom. The van der Waals surface area contributed by atoms with Crippen molar-refractivity contribution in [2.24, 2.45) is 0 Å². The van der Waals surface area contributed by atoms with Crippen LogP contribution in [0, 0.1) is 0 Å². The summed E-state index contributed by atoms with van der Waals surface area (Å²) in [4.78, 5) is 105. The minimum absolute atomic E-state index is 0.184. The summed E-state index contributed by atoms with van der Waals surface area (Å²) in [7, 11) is -16.5. The zero-order chi connectivity index (χ0) is 39.2. The van der Waals surface area contributed by atoms with Gasteiger partial charge in [-0.3, -0.25) is 56.0 Å². The monoisotopic (exact) mass is 798 g/mol. The fourth-order valence-electron chi connectivity index (χ4n) is 4.67. The van der Waals surface area contributed by atoms with E-state index < -0.39 is 114 Å². The van der Waals surface area contributed by atoms with Gasteiger partial charge in [0.15, 0.2) is 18.3 Å². The average Bonchev–Trinajstić information content (AvgIpc) is 2.96. The topological polar surface area (TPSA) is 330 Å². The first kappa shape index (κ1) is 46.3. The van der Waals surface area contributed by atoms with E-state index in [1.807, 2.05) is 0 Å². The van der Waals surface area contributed by atoms with Crippen LogP contribution in [0.15, 0.2) is 0 Å². The maximum absolute atomic E-state index is 13.1. The maximum Gasteiger partial charge on any atom is 0.339 e. The van der Waals surface area contributed by atoms with Gasteiger partial charge in [0.1, 0.15) is 36.8 Å². The van der Waals surface area contributed by atoms with E-state index in [0.717, 1.165) is 0 Å². The number of hydrogen-bond acceptors (Lipinski definition) is 15. The van der Waals surface area contributed by atoms with Crippen LogP contribution in [0.3, 0.4) is 0 Å². The van der Waals surface area contributed by atoms with E-state index in [9.17, 15) is 72.5 Å². The summed E-state index contributed by atoms with van der Waals surface area (Å²) in [6.45, 7) is 5.08. The van der Waals surface area contributed by atoms with Crippen molar-refractivity contribution in [3.05, 3.63) is 0 Å². The van der Waals surface area contributed by atoms with Crippen molar-refractivity contribution in [2.75, 3.05) is 18.5 Å². The van der Waals surface area contributed by atoms with E-state index in [2.05, 4.69) is 0 Å². The van der Waals surface area contributed by atoms with Crippen LogP contribution in [0.25, 0.3) is 0 Å². The molecule has 1 rings (SSSR count). The third kappa shape index (κ3) is 17.1. The summed E-state index contributed by atoms with van der Waals surface area (Å²) in [6, 6.07) is 0. The second-order valence-corrected chi connectivity index (χ2v) is 16.9. The third-order valence-corrected chi connectivity index (χ3v) is 10.5. The number of carbonyl (C=O) groups is 6. The lowest BCUT2D eigenvalue weighted by atomic mass is 9.84. The highest BCUT2D eigenvalue weighted by molar-refractivity contribution is 7.54. The number of aliphatic carboxylic acids is 3. The van der Waals surface area contributed by atoms with Gasteiger partial charge in [-0.05, 0) is 19.3 Å². The SMILES string of the molecule is CCCCC(=O)OC1[C@@H](OC(=O)CCCC)[C@H](OP(=O)(O)CC(=O)O)C(OP(=O)(O)CC(=O)O)[C@@H](OP(=O)(O)CC(=O)O)[C@H]1OC(=O)CCCC. The minimum atomic E-state index is -5.52. The second kappa shape index (κ2) is 21.1. The lowest BCUT2D eigenvalue weighted by Gasteiger charge is -2.48. The maximum atomic E-state index is 13.1. The number of carboxylic acids is 3. The lowest BCUT2D eigenvalue weighted by molar-refractivity contribution is -0.238. The van der Waals surface area contributed by atoms with Crippen molar-refractivity contribution in [1.29, 1.82) is 0 Å². The summed E-state index contributed by atoms with van der Waals surface area (Å²) < 4.78 is 71.1. The molecule has 1 fully saturated rings. The molecular weight excluding hydrogens is 753 g/mol. The second-order valence-electron chi connectivity index (χ2n) is 11.5. The molecule has 24 heteroatoms. The molecule has 6 N–H and O–H groups in total. The van der Waals surface area contributed by atoms with Gasteiger partial charge in [-0.15, -0.1) is 0 Å². The van der Waals surface area contributed by atoms with Gasteiger partial charge in [0.2, 0.25) is 0 Å². The molecule has 294 valence electrons. The third-order valence-electron chi connectivity index (χ3n) is 6.81. The molecular formula is C27H45O21P3. The van der Waals surface area contributed by atoms with Crippen LogP contribution in [-0.2, 0) is 70.2 Å². The van der Waals surface area contributed by atoms with E-state index >= 15 is 0 Å². The summed E-state index contributed by atoms with van der Waals surface area (Å²) >= 11 is 0. The molecule has 0 aromatic rings. The van der Waals surface area contributed by atoms with Gasteiger partial charge in [0, 0.05) is 19.3 Å². The van der Waals surface area contributed by atoms with Gasteiger partial charge in [0.05, 0.1) is 0 Å². The number of rotatable bonds is 24. The molecule has 21 nitrogen and oxygen atoms in total. The molecule has 1 saturated carbocycles. The Kier molecular flexibility index (Phi) is 19.1. The molecule has 0 radical (unpaired) electrons. The Hall–Kier alpha value is -2.73. The molecule has 0 spiro atoms. The van der Waals surface area contributed by atoms with Crippen LogP contribution < -0.4 is 0 Å². The summed E-state index contributed by atoms with van der Waals surface area (Å²) in [5.74, 6) is -9.13. The predicted molar refractivity (Wildman–Crippen MR) is 170 cm³/mol. The molecule has 0 aromatic heterocycles. The fraction of sp³-hybridized carbons (Fsp3) is 0.778. The first-order valence-corrected chi connectivity index (χ1v) is 21.1. The Labute approximate surface area is 292 Å². The lowest BCUT2D eigenvalue weighted by Crippen LogP contribution is -2.68. The van der Waals surface area contributed by atoms with Gasteiger partial charge in [-0.25, -0.2) is 0 Å². The first-order chi connectivity index (χ1) is 23.6. The van der Waals surface area contributed by atoms with Gasteiger partial charge >= 0.3 is 58.6 Å². The first-order valence-electron chi connectivity index (χ1n) is 15.8. The van der Waals surface area contributed by atoms with E-state index in [1.165, 1.54) is 0 Å². The van der Waals surface area contributed by atoms with E-state index in [1.54, 1.807) is 20.8 Å². The molecule has 0 aliphatic heterocycles. The summed E-state index contributed by atoms with van der Waals surface area (Å²) in [6.07, 6.45) is -18.9. The molecule has 1 aliphatic rings. The van der Waals surface area contributed by atoms with Crippen LogP contribution >= 0.6 is 22.8 Å². The standard InChI is InChI=1S/C27H45O21P3/c1-4-7-10-19(34)43-22-23(44-20(35)11-8-5-2)25(46-49(37,38)13-16(28)29)27(48-51(41,42)15-18(32)33)26(47-50(39,40)14-17(30)31)24(22)45-21(36)12-9-6-3/h22-27H,4-15H2,1-3H3,(H,28,29)(H,30,31)(H,32,33)(H,37,38)(H,39,40)(H,41,42)/t22?,23-,24+,25-,26-,27?/m0/s1. The quantitative estimate of drug-likeness (QED) is 0.0463. The van der Waals surface area contributed by atoms with Gasteiger partial charge in [0.25, 0.3) is 0 Å². The van der Waals surface area contributed by atoms with Crippen molar-refractivity contribution >= 4 is 58.6 Å². The molecule has 0 bridgehead atoms. The van der Waals surface area contributed by atoms with Crippen LogP contribution in [0.2, 0.25) is 0 Å². The zero-order valence-electron chi connectivity index (χ0n) is 28.1. The molecule has 0 amide bonds. The van der Waals surface area contributed by atoms with Crippen molar-refractivity contribution < 1.29 is 100 Å². The number of ether oxygens (including phenoxy) is 3. The molecule has 5 unspecified atom stereocenters. The number of unbranched alkanes of at least 4 members (excludes halogenated alkanes) is 3. The normalized spacial score (nSPS) is 25.3. The number of hydrogen-bond donors (Lipinski definition) is 6. The zero-order valence-corrected chi connectivity index (χ0v) is 30.8. The molecule has 51 heavy (non-hydrogen) atoms. The Morgan fingerprint density at radius 3 is 0.882 bits per heavy atom. The Bertz CT molecular complexity index is 1310. The fourth-order valence-corrected chi connectivity index (χ4v) is 7.78. The largest absolute Gasteiger partial charge is 0.481 e. The number of carboxylic acid groups (broad SMARTS) is 3. The van der Waals surface area contributed by atoms with Gasteiger partial charge < -0.3 is 44.2 Å². The van der Waals surface area contributed by atoms with Crippen LogP contribution in [0.1, 0.15) is 78.6 Å². The molecule has 0 heterocycles. The number of esters is 3. The van der Waals surface area contributed by atoms with E-state index in [0.29, 0.717) is 19.3 Å². The molecule has 0 aromatic carbocycles. The highest BCUT2D eigenvalue weighted by Gasteiger charge is 2.62. The van der Waals surface area contributed by atoms with Crippen LogP contribution in [-0.4, -0.2) is 121 Å². The molecule has 9 atom stereocenters. The molecule has 1 aliphatic carbocycles. The van der Waals surface area contributed by atoms with Gasteiger partial charge in [-0.1, -0.05) is 40.0 Å². The van der Waals surface area contributed by atoms with Crippen molar-refractivity contribution in [1.82, 2.24) is 0 Å². The Balaban J connectivity index is 4.27. The summed E-state index contributed by atoms with van der Waals surface area (Å²) in [5.41, 5.74) is 0. The van der Waals surface area contributed by atoms with E-state index in [-0.39, 0.29) is 38.5 Å². The predicted octanol–water partition coefficient (Wildman–Crippen LogP) is 2.27. The van der Waals surface area contributed by atoms with Crippen molar-refractivity contribution in [3.8, 4) is 0 Å². The van der Waals surface area contributed by atoms with E-state index in [4.69, 9.17) is 27.8 Å². The highest BCUT2D eigenvalue weighted by atomic mass is 31.2. The molecule has 0 saturated heterocycles. The van der Waals surface area contributed by atoms with Crippen molar-refractivity contribution in [2.45, 2.75) is 115 Å². The summed E-state index contributed by atoms with van der Waals surface area (Å²) in [5, 5.41) is 27.7. The Morgan fingerprint density at radius 1 is 0.451 bits per heavy atom. The van der Waals surface area contributed by atoms with Crippen LogP contribution in [0.5, 0.6) is 0 Å². The van der Waals surface area contributed by atoms with Crippen molar-refractivity contribution in [3.63, 3.8) is 0 Å². The van der Waals surface area contributed by atoms with Gasteiger partial charge in [-0.2, -0.15) is 0 Å². The number of carbonyl (C=O) groups excluding carboxylic acids is 3. The average molecular weight is 799 g/mol. The highest BCUT2D eigenvalue weighted by Crippen LogP contribution is 2.54. The smallest absolute Gasteiger partial charge is 0.339 e. The minimum Gasteiger partial charge on any atom is -0.481 e.